The van der Waals surface area contributed by atoms with Crippen LogP contribution < -0.4 is 5.32 Å². The Bertz CT molecular complexity index is 404. The quantitative estimate of drug-likeness (QED) is 0.884. The van der Waals surface area contributed by atoms with Crippen molar-refractivity contribution < 1.29 is 0 Å². The molecule has 2 fully saturated rings. The van der Waals surface area contributed by atoms with Gasteiger partial charge < -0.3 is 5.32 Å². The molecule has 0 radical (unpaired) electrons. The third kappa shape index (κ3) is 2.17. The third-order valence-electron chi connectivity index (χ3n) is 4.78. The predicted molar refractivity (Wildman–Crippen MR) is 73.4 cm³/mol. The van der Waals surface area contributed by atoms with E-state index in [2.05, 4.69) is 35.2 Å². The van der Waals surface area contributed by atoms with E-state index in [1.807, 2.05) is 12.4 Å². The second-order valence-electron chi connectivity index (χ2n) is 5.82. The van der Waals surface area contributed by atoms with E-state index in [1.165, 1.54) is 36.8 Å². The van der Waals surface area contributed by atoms with Gasteiger partial charge in [0.15, 0.2) is 0 Å². The zero-order valence-corrected chi connectivity index (χ0v) is 11.4. The molecule has 2 atom stereocenters. The van der Waals surface area contributed by atoms with Crippen molar-refractivity contribution in [3.63, 3.8) is 0 Å². The van der Waals surface area contributed by atoms with Crippen LogP contribution in [0.3, 0.4) is 0 Å². The summed E-state index contributed by atoms with van der Waals surface area (Å²) in [6, 6.07) is 4.48. The van der Waals surface area contributed by atoms with Crippen molar-refractivity contribution in [1.82, 2.24) is 15.2 Å². The summed E-state index contributed by atoms with van der Waals surface area (Å²) >= 11 is 0. The molecule has 1 N–H and O–H groups in total. The van der Waals surface area contributed by atoms with E-state index < -0.39 is 0 Å². The van der Waals surface area contributed by atoms with Gasteiger partial charge in [-0.1, -0.05) is 0 Å². The minimum atomic E-state index is 0.734. The Hall–Kier alpha value is -0.930. The number of hydrogen-bond donors (Lipinski definition) is 1. The molecule has 0 saturated carbocycles. The zero-order valence-electron chi connectivity index (χ0n) is 11.4. The van der Waals surface area contributed by atoms with Crippen LogP contribution in [-0.2, 0) is 6.54 Å². The third-order valence-corrected chi connectivity index (χ3v) is 4.78. The monoisotopic (exact) mass is 245 g/mol. The van der Waals surface area contributed by atoms with Crippen LogP contribution in [0, 0.1) is 6.92 Å². The second kappa shape index (κ2) is 4.98. The Kier molecular flexibility index (Phi) is 3.35. The fourth-order valence-electron chi connectivity index (χ4n) is 3.64. The molecular weight excluding hydrogens is 222 g/mol. The lowest BCUT2D eigenvalue weighted by Crippen LogP contribution is -2.47. The molecule has 0 aromatic carbocycles. The Labute approximate surface area is 110 Å². The predicted octanol–water partition coefficient (Wildman–Crippen LogP) is 2.10. The number of rotatable bonds is 3. The van der Waals surface area contributed by atoms with Gasteiger partial charge in [-0.25, -0.2) is 0 Å². The summed E-state index contributed by atoms with van der Waals surface area (Å²) in [6.45, 7) is 3.28. The number of hydrogen-bond acceptors (Lipinski definition) is 3. The summed E-state index contributed by atoms with van der Waals surface area (Å²) in [4.78, 5) is 6.92. The molecule has 3 heterocycles. The summed E-state index contributed by atoms with van der Waals surface area (Å²) in [5.74, 6) is 0. The lowest BCUT2D eigenvalue weighted by molar-refractivity contribution is 0.111. The molecule has 98 valence electrons. The molecule has 0 spiro atoms. The van der Waals surface area contributed by atoms with E-state index in [4.69, 9.17) is 0 Å². The molecule has 1 aromatic rings. The second-order valence-corrected chi connectivity index (χ2v) is 5.82. The SMILES string of the molecule is CNC1CC2CCC(C1)N2Cc1ccncc1C. The Balaban J connectivity index is 1.73. The Morgan fingerprint density at radius 2 is 2.06 bits per heavy atom. The van der Waals surface area contributed by atoms with Crippen LogP contribution in [0.25, 0.3) is 0 Å². The maximum absolute atomic E-state index is 4.19. The number of fused-ring (bicyclic) bond motifs is 2. The summed E-state index contributed by atoms with van der Waals surface area (Å²) in [5, 5.41) is 3.46. The van der Waals surface area contributed by atoms with Crippen LogP contribution in [0.1, 0.15) is 36.8 Å². The van der Waals surface area contributed by atoms with Crippen molar-refractivity contribution in [2.75, 3.05) is 7.05 Å². The number of nitrogens with zero attached hydrogens (tertiary/aromatic N) is 2. The van der Waals surface area contributed by atoms with Gasteiger partial charge in [0.2, 0.25) is 0 Å². The first kappa shape index (κ1) is 12.1. The van der Waals surface area contributed by atoms with Gasteiger partial charge in [-0.2, -0.15) is 0 Å². The normalized spacial score (nSPS) is 31.8. The van der Waals surface area contributed by atoms with Crippen molar-refractivity contribution in [2.24, 2.45) is 0 Å². The van der Waals surface area contributed by atoms with Gasteiger partial charge in [-0.15, -0.1) is 0 Å². The summed E-state index contributed by atoms with van der Waals surface area (Å²) in [6.07, 6.45) is 9.30. The fraction of sp³-hybridized carbons (Fsp3) is 0.667. The lowest BCUT2D eigenvalue weighted by Gasteiger charge is -2.39. The Morgan fingerprint density at radius 1 is 1.33 bits per heavy atom. The number of aryl methyl sites for hydroxylation is 1. The molecule has 3 rings (SSSR count). The van der Waals surface area contributed by atoms with E-state index in [9.17, 15) is 0 Å². The number of piperidine rings is 1. The van der Waals surface area contributed by atoms with E-state index in [0.29, 0.717) is 0 Å². The molecular formula is C15H23N3. The molecule has 3 nitrogen and oxygen atoms in total. The standard InChI is InChI=1S/C15H23N3/c1-11-9-17-6-5-12(11)10-18-14-3-4-15(18)8-13(7-14)16-2/h5-6,9,13-16H,3-4,7-8,10H2,1-2H3. The fourth-order valence-corrected chi connectivity index (χ4v) is 3.64. The highest BCUT2D eigenvalue weighted by molar-refractivity contribution is 5.22. The first-order valence-electron chi connectivity index (χ1n) is 7.10. The van der Waals surface area contributed by atoms with Crippen molar-refractivity contribution in [3.05, 3.63) is 29.6 Å². The lowest BCUT2D eigenvalue weighted by atomic mass is 9.96. The molecule has 18 heavy (non-hydrogen) atoms. The highest BCUT2D eigenvalue weighted by atomic mass is 15.2. The van der Waals surface area contributed by atoms with Crippen molar-refractivity contribution in [3.8, 4) is 0 Å². The van der Waals surface area contributed by atoms with Crippen LogP contribution in [0.15, 0.2) is 18.5 Å². The first-order chi connectivity index (χ1) is 8.78. The van der Waals surface area contributed by atoms with Crippen LogP contribution >= 0.6 is 0 Å². The van der Waals surface area contributed by atoms with E-state index >= 15 is 0 Å². The number of nitrogens with one attached hydrogen (secondary N) is 1. The molecule has 0 aliphatic carbocycles. The maximum Gasteiger partial charge on any atom is 0.0300 e. The molecule has 1 aromatic heterocycles. The van der Waals surface area contributed by atoms with Crippen molar-refractivity contribution in [1.29, 1.82) is 0 Å². The first-order valence-corrected chi connectivity index (χ1v) is 7.10. The average molecular weight is 245 g/mol. The Morgan fingerprint density at radius 3 is 2.67 bits per heavy atom. The molecule has 2 aliphatic heterocycles. The van der Waals surface area contributed by atoms with Gasteiger partial charge in [-0.3, -0.25) is 9.88 Å². The van der Waals surface area contributed by atoms with E-state index in [0.717, 1.165) is 24.7 Å². The smallest absolute Gasteiger partial charge is 0.0300 e. The highest BCUT2D eigenvalue weighted by Gasteiger charge is 2.39. The van der Waals surface area contributed by atoms with Gasteiger partial charge in [0.25, 0.3) is 0 Å². The molecule has 0 amide bonds. The molecule has 2 bridgehead atoms. The van der Waals surface area contributed by atoms with Gasteiger partial charge in [0.1, 0.15) is 0 Å². The van der Waals surface area contributed by atoms with E-state index in [-0.39, 0.29) is 0 Å². The minimum absolute atomic E-state index is 0.734. The van der Waals surface area contributed by atoms with Gasteiger partial charge in [0.05, 0.1) is 0 Å². The number of aromatic nitrogens is 1. The van der Waals surface area contributed by atoms with E-state index in [1.54, 1.807) is 0 Å². The molecule has 2 aliphatic rings. The van der Waals surface area contributed by atoms with Gasteiger partial charge in [-0.05, 0) is 56.8 Å². The molecule has 3 heteroatoms. The van der Waals surface area contributed by atoms with Crippen LogP contribution in [0.5, 0.6) is 0 Å². The summed E-state index contributed by atoms with van der Waals surface area (Å²) in [5.41, 5.74) is 2.78. The van der Waals surface area contributed by atoms with Gasteiger partial charge in [0, 0.05) is 37.1 Å². The minimum Gasteiger partial charge on any atom is -0.317 e. The molecule has 2 unspecified atom stereocenters. The maximum atomic E-state index is 4.19. The molecule has 2 saturated heterocycles. The van der Waals surface area contributed by atoms with Crippen molar-refractivity contribution >= 4 is 0 Å². The average Bonchev–Trinajstić information content (AvgIpc) is 2.63. The topological polar surface area (TPSA) is 28.2 Å². The highest BCUT2D eigenvalue weighted by Crippen LogP contribution is 2.36. The zero-order chi connectivity index (χ0) is 12.5. The summed E-state index contributed by atoms with van der Waals surface area (Å²) < 4.78 is 0. The summed E-state index contributed by atoms with van der Waals surface area (Å²) in [7, 11) is 2.10. The number of pyridine rings is 1. The van der Waals surface area contributed by atoms with Crippen LogP contribution in [0.2, 0.25) is 0 Å². The van der Waals surface area contributed by atoms with Gasteiger partial charge >= 0.3 is 0 Å². The van der Waals surface area contributed by atoms with Crippen LogP contribution in [0.4, 0.5) is 0 Å². The largest absolute Gasteiger partial charge is 0.317 e. The van der Waals surface area contributed by atoms with Crippen LogP contribution in [-0.4, -0.2) is 35.1 Å². The van der Waals surface area contributed by atoms with Crippen molar-refractivity contribution in [2.45, 2.75) is 57.3 Å².